The van der Waals surface area contributed by atoms with Crippen LogP contribution in [0.1, 0.15) is 24.0 Å². The van der Waals surface area contributed by atoms with Gasteiger partial charge in [-0.1, -0.05) is 6.07 Å². The lowest BCUT2D eigenvalue weighted by atomic mass is 10.1. The maximum absolute atomic E-state index is 10.3. The van der Waals surface area contributed by atoms with Crippen LogP contribution in [0.3, 0.4) is 0 Å². The molecule has 0 radical (unpaired) electrons. The van der Waals surface area contributed by atoms with Crippen molar-refractivity contribution < 1.29 is 19.8 Å². The third-order valence-corrected chi connectivity index (χ3v) is 3.90. The van der Waals surface area contributed by atoms with Crippen LogP contribution >= 0.6 is 11.3 Å². The van der Waals surface area contributed by atoms with Crippen LogP contribution in [0.25, 0.3) is 0 Å². The van der Waals surface area contributed by atoms with E-state index in [1.54, 1.807) is 23.7 Å². The van der Waals surface area contributed by atoms with Gasteiger partial charge in [0.05, 0.1) is 12.8 Å². The summed E-state index contributed by atoms with van der Waals surface area (Å²) in [7, 11) is 0. The number of hydrogen-bond donors (Lipinski definition) is 4. The summed E-state index contributed by atoms with van der Waals surface area (Å²) in [6, 6.07) is 5.06. The Labute approximate surface area is 150 Å². The molecule has 2 aromatic rings. The fourth-order valence-electron chi connectivity index (χ4n) is 2.13. The molecule has 136 valence electrons. The van der Waals surface area contributed by atoms with E-state index in [1.807, 2.05) is 29.0 Å². The SMILES string of the molecule is N[C@@H](CC(=O)O)Cc1cccnc1.N[C@@H](CC(=O)O)Cc1ccsc1. The average molecular weight is 365 g/mol. The van der Waals surface area contributed by atoms with E-state index in [4.69, 9.17) is 21.7 Å². The molecular weight excluding hydrogens is 342 g/mol. The normalized spacial score (nSPS) is 12.6. The van der Waals surface area contributed by atoms with Crippen LogP contribution in [-0.4, -0.2) is 39.2 Å². The van der Waals surface area contributed by atoms with E-state index < -0.39 is 11.9 Å². The predicted molar refractivity (Wildman–Crippen MR) is 96.4 cm³/mol. The molecule has 8 heteroatoms. The molecule has 0 bridgehead atoms. The molecule has 0 aliphatic carbocycles. The molecule has 0 fully saturated rings. The molecule has 0 unspecified atom stereocenters. The maximum atomic E-state index is 10.3. The summed E-state index contributed by atoms with van der Waals surface area (Å²) >= 11 is 1.60. The summed E-state index contributed by atoms with van der Waals surface area (Å²) in [5, 5.41) is 20.9. The highest BCUT2D eigenvalue weighted by atomic mass is 32.1. The summed E-state index contributed by atoms with van der Waals surface area (Å²) in [4.78, 5) is 24.5. The van der Waals surface area contributed by atoms with E-state index in [2.05, 4.69) is 4.98 Å². The summed E-state index contributed by atoms with van der Waals surface area (Å²) in [6.07, 6.45) is 4.61. The first-order valence-electron chi connectivity index (χ1n) is 7.71. The Balaban J connectivity index is 0.000000251. The molecule has 0 aliphatic heterocycles. The largest absolute Gasteiger partial charge is 0.481 e. The average Bonchev–Trinajstić information content (AvgIpc) is 3.00. The van der Waals surface area contributed by atoms with E-state index in [0.29, 0.717) is 12.8 Å². The number of carboxylic acids is 2. The Bertz CT molecular complexity index is 635. The lowest BCUT2D eigenvalue weighted by Gasteiger charge is -2.07. The summed E-state index contributed by atoms with van der Waals surface area (Å²) < 4.78 is 0. The Morgan fingerprint density at radius 1 is 1.04 bits per heavy atom. The van der Waals surface area contributed by atoms with Gasteiger partial charge in [0, 0.05) is 24.5 Å². The first-order valence-corrected chi connectivity index (χ1v) is 8.65. The number of carboxylic acid groups (broad SMARTS) is 2. The lowest BCUT2D eigenvalue weighted by molar-refractivity contribution is -0.138. The second kappa shape index (κ2) is 11.3. The van der Waals surface area contributed by atoms with E-state index >= 15 is 0 Å². The zero-order valence-electron chi connectivity index (χ0n) is 13.7. The molecular formula is C17H23N3O4S. The molecule has 2 rings (SSSR count). The van der Waals surface area contributed by atoms with Crippen LogP contribution in [0.5, 0.6) is 0 Å². The van der Waals surface area contributed by atoms with E-state index in [-0.39, 0.29) is 24.9 Å². The highest BCUT2D eigenvalue weighted by Crippen LogP contribution is 2.09. The van der Waals surface area contributed by atoms with Crippen molar-refractivity contribution in [1.29, 1.82) is 0 Å². The number of nitrogens with two attached hydrogens (primary N) is 2. The molecule has 0 amide bonds. The minimum atomic E-state index is -0.864. The number of aromatic nitrogens is 1. The smallest absolute Gasteiger partial charge is 0.304 e. The van der Waals surface area contributed by atoms with Gasteiger partial charge in [0.1, 0.15) is 0 Å². The van der Waals surface area contributed by atoms with Crippen LogP contribution in [-0.2, 0) is 22.4 Å². The number of rotatable bonds is 8. The molecule has 7 nitrogen and oxygen atoms in total. The molecule has 2 aromatic heterocycles. The minimum Gasteiger partial charge on any atom is -0.481 e. The Hall–Kier alpha value is -2.29. The maximum Gasteiger partial charge on any atom is 0.304 e. The Morgan fingerprint density at radius 3 is 2.08 bits per heavy atom. The van der Waals surface area contributed by atoms with Crippen molar-refractivity contribution >= 4 is 23.3 Å². The van der Waals surface area contributed by atoms with Gasteiger partial charge in [-0.05, 0) is 46.9 Å². The zero-order chi connectivity index (χ0) is 18.7. The van der Waals surface area contributed by atoms with Gasteiger partial charge in [-0.2, -0.15) is 11.3 Å². The van der Waals surface area contributed by atoms with Gasteiger partial charge in [-0.15, -0.1) is 0 Å². The van der Waals surface area contributed by atoms with E-state index in [9.17, 15) is 9.59 Å². The van der Waals surface area contributed by atoms with Crippen LogP contribution in [0.2, 0.25) is 0 Å². The molecule has 0 saturated carbocycles. The first kappa shape index (κ1) is 20.8. The van der Waals surface area contributed by atoms with Gasteiger partial charge >= 0.3 is 11.9 Å². The third kappa shape index (κ3) is 10.2. The summed E-state index contributed by atoms with van der Waals surface area (Å²) in [6.45, 7) is 0. The van der Waals surface area contributed by atoms with Gasteiger partial charge in [0.25, 0.3) is 0 Å². The van der Waals surface area contributed by atoms with Crippen molar-refractivity contribution in [2.75, 3.05) is 0 Å². The number of aliphatic carboxylic acids is 2. The number of nitrogens with zero attached hydrogens (tertiary/aromatic N) is 1. The number of carbonyl (C=O) groups is 2. The van der Waals surface area contributed by atoms with Crippen molar-refractivity contribution in [2.24, 2.45) is 11.5 Å². The standard InChI is InChI=1S/C9H12N2O2.C8H11NO2S/c10-8(5-9(12)13)4-7-2-1-3-11-6-7;9-7(4-8(10)11)3-6-1-2-12-5-6/h1-3,6,8H,4-5,10H2,(H,12,13);1-2,5,7H,3-4,9H2,(H,10,11)/t8-;7-/m11/s1. The van der Waals surface area contributed by atoms with Gasteiger partial charge in [-0.3, -0.25) is 14.6 Å². The molecule has 0 aromatic carbocycles. The third-order valence-electron chi connectivity index (χ3n) is 3.17. The first-order chi connectivity index (χ1) is 11.9. The molecule has 2 atom stereocenters. The van der Waals surface area contributed by atoms with E-state index in [0.717, 1.165) is 11.1 Å². The second-order valence-corrected chi connectivity index (χ2v) is 6.40. The predicted octanol–water partition coefficient (Wildman–Crippen LogP) is 1.52. The topological polar surface area (TPSA) is 140 Å². The van der Waals surface area contributed by atoms with Crippen LogP contribution < -0.4 is 11.5 Å². The van der Waals surface area contributed by atoms with Gasteiger partial charge in [-0.25, -0.2) is 0 Å². The van der Waals surface area contributed by atoms with Crippen LogP contribution in [0, 0.1) is 0 Å². The fourth-order valence-corrected chi connectivity index (χ4v) is 2.81. The van der Waals surface area contributed by atoms with Crippen molar-refractivity contribution in [1.82, 2.24) is 4.98 Å². The summed E-state index contributed by atoms with van der Waals surface area (Å²) in [5.41, 5.74) is 13.3. The minimum absolute atomic E-state index is 0.00507. The van der Waals surface area contributed by atoms with Crippen molar-refractivity contribution in [3.63, 3.8) is 0 Å². The second-order valence-electron chi connectivity index (χ2n) is 5.62. The van der Waals surface area contributed by atoms with Crippen molar-refractivity contribution in [2.45, 2.75) is 37.8 Å². The highest BCUT2D eigenvalue weighted by Gasteiger charge is 2.09. The monoisotopic (exact) mass is 365 g/mol. The van der Waals surface area contributed by atoms with Crippen molar-refractivity contribution in [3.8, 4) is 0 Å². The molecule has 0 aliphatic rings. The van der Waals surface area contributed by atoms with Crippen LogP contribution in [0.15, 0.2) is 41.4 Å². The van der Waals surface area contributed by atoms with Crippen LogP contribution in [0.4, 0.5) is 0 Å². The number of hydrogen-bond acceptors (Lipinski definition) is 6. The van der Waals surface area contributed by atoms with Gasteiger partial charge in [0.2, 0.25) is 0 Å². The fraction of sp³-hybridized carbons (Fsp3) is 0.353. The number of thiophene rings is 1. The molecule has 2 heterocycles. The van der Waals surface area contributed by atoms with E-state index in [1.165, 1.54) is 0 Å². The molecule has 25 heavy (non-hydrogen) atoms. The Kier molecular flexibility index (Phi) is 9.38. The Morgan fingerprint density at radius 2 is 1.64 bits per heavy atom. The molecule has 0 spiro atoms. The lowest BCUT2D eigenvalue weighted by Crippen LogP contribution is -2.26. The zero-order valence-corrected chi connectivity index (χ0v) is 14.6. The molecule has 6 N–H and O–H groups in total. The molecule has 0 saturated heterocycles. The van der Waals surface area contributed by atoms with Crippen molar-refractivity contribution in [3.05, 3.63) is 52.5 Å². The number of pyridine rings is 1. The summed E-state index contributed by atoms with van der Waals surface area (Å²) in [5.74, 6) is -1.70. The quantitative estimate of drug-likeness (QED) is 0.556. The highest BCUT2D eigenvalue weighted by molar-refractivity contribution is 7.07. The van der Waals surface area contributed by atoms with Gasteiger partial charge in [0.15, 0.2) is 0 Å². The van der Waals surface area contributed by atoms with Gasteiger partial charge < -0.3 is 21.7 Å².